The second-order valence-electron chi connectivity index (χ2n) is 11.0. The van der Waals surface area contributed by atoms with E-state index in [0.717, 1.165) is 24.8 Å². The van der Waals surface area contributed by atoms with Crippen molar-refractivity contribution in [2.45, 2.75) is 31.3 Å². The van der Waals surface area contributed by atoms with E-state index in [1.165, 1.54) is 6.08 Å². The van der Waals surface area contributed by atoms with Crippen LogP contribution >= 0.6 is 11.6 Å². The number of likely N-dealkylation sites (tertiary alicyclic amines) is 1. The minimum absolute atomic E-state index is 0.0781. The maximum absolute atomic E-state index is 16.6. The lowest BCUT2D eigenvalue weighted by Gasteiger charge is -2.41. The van der Waals surface area contributed by atoms with Crippen LogP contribution in [-0.4, -0.2) is 82.6 Å². The molecule has 0 N–H and O–H groups in total. The number of halogens is 2. The van der Waals surface area contributed by atoms with Crippen LogP contribution in [0.3, 0.4) is 0 Å². The highest BCUT2D eigenvalue weighted by Crippen LogP contribution is 2.38. The molecule has 2 aliphatic rings. The Labute approximate surface area is 254 Å². The van der Waals surface area contributed by atoms with E-state index in [2.05, 4.69) is 34.6 Å². The Morgan fingerprint density at radius 1 is 1.19 bits per heavy atom. The van der Waals surface area contributed by atoms with Gasteiger partial charge in [-0.1, -0.05) is 36.4 Å². The Balaban J connectivity index is 1.46. The van der Waals surface area contributed by atoms with Gasteiger partial charge >= 0.3 is 6.01 Å². The van der Waals surface area contributed by atoms with Gasteiger partial charge in [-0.25, -0.2) is 4.39 Å². The van der Waals surface area contributed by atoms with Crippen molar-refractivity contribution in [1.29, 1.82) is 5.26 Å². The molecular formula is C32H31ClFN7O2. The van der Waals surface area contributed by atoms with Crippen molar-refractivity contribution in [3.63, 3.8) is 0 Å². The SMILES string of the molecule is C=CC(=O)N1CCN(c2nc(OC[C@@H]3CCCN3C)nc3c(F)c(-c4cncc5cccc(Cl)c45)ccc23)C[C@@H]1CC#N. The molecule has 0 unspecified atom stereocenters. The van der Waals surface area contributed by atoms with Gasteiger partial charge in [0.15, 0.2) is 5.82 Å². The van der Waals surface area contributed by atoms with E-state index < -0.39 is 5.82 Å². The number of rotatable bonds is 7. The molecule has 4 heterocycles. The summed E-state index contributed by atoms with van der Waals surface area (Å²) in [6.45, 7) is 6.12. The zero-order valence-corrected chi connectivity index (χ0v) is 24.6. The van der Waals surface area contributed by atoms with Crippen LogP contribution in [0.2, 0.25) is 5.02 Å². The molecule has 11 heteroatoms. The van der Waals surface area contributed by atoms with E-state index in [9.17, 15) is 10.1 Å². The van der Waals surface area contributed by atoms with Crippen LogP contribution in [-0.2, 0) is 4.79 Å². The Bertz CT molecular complexity index is 1750. The van der Waals surface area contributed by atoms with Gasteiger partial charge in [0.05, 0.1) is 18.5 Å². The highest BCUT2D eigenvalue weighted by molar-refractivity contribution is 6.36. The number of carbonyl (C=O) groups excluding carboxylic acids is 1. The Kier molecular flexibility index (Phi) is 8.10. The summed E-state index contributed by atoms with van der Waals surface area (Å²) in [5.41, 5.74) is 0.986. The quantitative estimate of drug-likeness (QED) is 0.267. The number of ether oxygens (including phenoxy) is 1. The number of nitrogens with zero attached hydrogens (tertiary/aromatic N) is 7. The van der Waals surface area contributed by atoms with Gasteiger partial charge in [-0.05, 0) is 44.6 Å². The highest BCUT2D eigenvalue weighted by atomic mass is 35.5. The summed E-state index contributed by atoms with van der Waals surface area (Å²) in [5.74, 6) is -0.268. The molecule has 9 nitrogen and oxygen atoms in total. The molecule has 0 spiro atoms. The number of hydrogen-bond donors (Lipinski definition) is 0. The summed E-state index contributed by atoms with van der Waals surface area (Å²) in [6, 6.07) is 11.1. The molecule has 0 radical (unpaired) electrons. The molecule has 43 heavy (non-hydrogen) atoms. The number of piperazine rings is 1. The predicted molar refractivity (Wildman–Crippen MR) is 165 cm³/mol. The van der Waals surface area contributed by atoms with Crippen molar-refractivity contribution in [1.82, 2.24) is 24.8 Å². The summed E-state index contributed by atoms with van der Waals surface area (Å²) < 4.78 is 22.7. The number of fused-ring (bicyclic) bond motifs is 2. The first-order valence-corrected chi connectivity index (χ1v) is 14.7. The molecule has 0 saturated carbocycles. The first-order valence-electron chi connectivity index (χ1n) is 14.3. The predicted octanol–water partition coefficient (Wildman–Crippen LogP) is 5.23. The average Bonchev–Trinajstić information content (AvgIpc) is 3.44. The molecule has 2 aromatic carbocycles. The van der Waals surface area contributed by atoms with E-state index >= 15 is 4.39 Å². The molecule has 2 saturated heterocycles. The number of carbonyl (C=O) groups is 1. The monoisotopic (exact) mass is 599 g/mol. The Morgan fingerprint density at radius 2 is 2.05 bits per heavy atom. The standard InChI is InChI=1S/C32H31ClFN7O2/c1-3-27(42)41-15-14-40(18-21(41)11-12-35)31-24-10-9-23(25-17-36-16-20-6-4-8-26(33)28(20)25)29(34)30(24)37-32(38-31)43-19-22-7-5-13-39(22)2/h3-4,6,8-10,16-17,21-22H,1,5,7,11,13-15,18-19H2,2H3/t21-,22-/m0/s1. The van der Waals surface area contributed by atoms with E-state index in [1.807, 2.05) is 17.0 Å². The van der Waals surface area contributed by atoms with Gasteiger partial charge in [0, 0.05) is 70.4 Å². The zero-order chi connectivity index (χ0) is 30.1. The van der Waals surface area contributed by atoms with Crippen LogP contribution in [0, 0.1) is 17.1 Å². The fourth-order valence-corrected chi connectivity index (χ4v) is 6.41. The third-order valence-electron chi connectivity index (χ3n) is 8.43. The molecule has 6 rings (SSSR count). The molecule has 2 aliphatic heterocycles. The van der Waals surface area contributed by atoms with Crippen LogP contribution < -0.4 is 9.64 Å². The highest BCUT2D eigenvalue weighted by Gasteiger charge is 2.32. The van der Waals surface area contributed by atoms with Gasteiger partial charge in [0.25, 0.3) is 0 Å². The van der Waals surface area contributed by atoms with E-state index in [1.54, 1.807) is 35.5 Å². The van der Waals surface area contributed by atoms with Crippen LogP contribution in [0.4, 0.5) is 10.2 Å². The summed E-state index contributed by atoms with van der Waals surface area (Å²) in [4.78, 5) is 32.0. The van der Waals surface area contributed by atoms with Crippen molar-refractivity contribution in [2.24, 2.45) is 0 Å². The summed E-state index contributed by atoms with van der Waals surface area (Å²) in [5, 5.41) is 12.0. The molecule has 4 aromatic rings. The maximum Gasteiger partial charge on any atom is 0.319 e. The number of benzene rings is 2. The minimum Gasteiger partial charge on any atom is -0.462 e. The lowest BCUT2D eigenvalue weighted by atomic mass is 9.99. The molecule has 2 aromatic heterocycles. The smallest absolute Gasteiger partial charge is 0.319 e. The van der Waals surface area contributed by atoms with Crippen molar-refractivity contribution in [3.05, 3.63) is 66.2 Å². The van der Waals surface area contributed by atoms with Crippen LogP contribution in [0.1, 0.15) is 19.3 Å². The summed E-state index contributed by atoms with van der Waals surface area (Å²) in [7, 11) is 2.06. The van der Waals surface area contributed by atoms with Gasteiger partial charge in [-0.2, -0.15) is 15.2 Å². The van der Waals surface area contributed by atoms with Gasteiger partial charge < -0.3 is 19.4 Å². The van der Waals surface area contributed by atoms with Gasteiger partial charge in [-0.3, -0.25) is 9.78 Å². The third kappa shape index (κ3) is 5.46. The Morgan fingerprint density at radius 3 is 2.81 bits per heavy atom. The summed E-state index contributed by atoms with van der Waals surface area (Å²) >= 11 is 6.57. The molecule has 220 valence electrons. The summed E-state index contributed by atoms with van der Waals surface area (Å²) in [6.07, 6.45) is 6.79. The molecule has 0 bridgehead atoms. The van der Waals surface area contributed by atoms with Crippen molar-refractivity contribution in [2.75, 3.05) is 44.7 Å². The number of hydrogen-bond acceptors (Lipinski definition) is 8. The molecular weight excluding hydrogens is 569 g/mol. The fraction of sp³-hybridized carbons (Fsp3) is 0.344. The third-order valence-corrected chi connectivity index (χ3v) is 8.75. The lowest BCUT2D eigenvalue weighted by Crippen LogP contribution is -2.55. The average molecular weight is 600 g/mol. The first kappa shape index (κ1) is 28.8. The van der Waals surface area contributed by atoms with Crippen molar-refractivity contribution < 1.29 is 13.9 Å². The molecule has 2 atom stereocenters. The van der Waals surface area contributed by atoms with Crippen molar-refractivity contribution in [3.8, 4) is 23.2 Å². The first-order chi connectivity index (χ1) is 20.9. The number of likely N-dealkylation sites (N-methyl/N-ethyl adjacent to an activating group) is 1. The largest absolute Gasteiger partial charge is 0.462 e. The van der Waals surface area contributed by atoms with Crippen LogP contribution in [0.25, 0.3) is 32.8 Å². The molecule has 2 fully saturated rings. The Hall–Kier alpha value is -4.33. The fourth-order valence-electron chi connectivity index (χ4n) is 6.13. The number of nitriles is 1. The normalized spacial score (nSPS) is 19.1. The lowest BCUT2D eigenvalue weighted by molar-refractivity contribution is -0.128. The van der Waals surface area contributed by atoms with Gasteiger partial charge in [0.1, 0.15) is 17.9 Å². The molecule has 1 amide bonds. The second kappa shape index (κ2) is 12.1. The number of amides is 1. The maximum atomic E-state index is 16.6. The van der Waals surface area contributed by atoms with Crippen LogP contribution in [0.15, 0.2) is 55.4 Å². The topological polar surface area (TPSA) is 98.5 Å². The zero-order valence-electron chi connectivity index (χ0n) is 23.8. The number of anilines is 1. The van der Waals surface area contributed by atoms with E-state index in [-0.39, 0.29) is 35.9 Å². The number of aromatic nitrogens is 3. The van der Waals surface area contributed by atoms with Gasteiger partial charge in [0.2, 0.25) is 5.91 Å². The number of pyridine rings is 1. The second-order valence-corrected chi connectivity index (χ2v) is 11.4. The molecule has 0 aliphatic carbocycles. The van der Waals surface area contributed by atoms with E-state index in [4.69, 9.17) is 21.3 Å². The van der Waals surface area contributed by atoms with Gasteiger partial charge in [-0.15, -0.1) is 0 Å². The van der Waals surface area contributed by atoms with Crippen molar-refractivity contribution >= 4 is 45.0 Å². The van der Waals surface area contributed by atoms with Crippen LogP contribution in [0.5, 0.6) is 6.01 Å². The van der Waals surface area contributed by atoms with E-state index in [0.29, 0.717) is 59.0 Å². The minimum atomic E-state index is -0.535.